The van der Waals surface area contributed by atoms with Gasteiger partial charge < -0.3 is 10.4 Å². The van der Waals surface area contributed by atoms with Gasteiger partial charge in [-0.25, -0.2) is 4.63 Å². The second-order valence-corrected chi connectivity index (χ2v) is 3.21. The van der Waals surface area contributed by atoms with Gasteiger partial charge in [0.2, 0.25) is 0 Å². The zero-order chi connectivity index (χ0) is 9.68. The molecule has 1 aromatic rings. The molecule has 0 aliphatic heterocycles. The van der Waals surface area contributed by atoms with Gasteiger partial charge in [-0.15, -0.1) is 0 Å². The summed E-state index contributed by atoms with van der Waals surface area (Å²) in [5.74, 6) is 0.264. The van der Waals surface area contributed by atoms with Crippen molar-refractivity contribution in [2.24, 2.45) is 5.92 Å². The molecule has 13 heavy (non-hydrogen) atoms. The number of rotatable bonds is 5. The Balaban J connectivity index is 2.24. The summed E-state index contributed by atoms with van der Waals surface area (Å²) in [5.41, 5.74) is 1.63. The van der Waals surface area contributed by atoms with Crippen LogP contribution in [0, 0.1) is 12.8 Å². The lowest BCUT2D eigenvalue weighted by Gasteiger charge is -2.07. The van der Waals surface area contributed by atoms with Gasteiger partial charge in [-0.05, 0) is 12.8 Å². The van der Waals surface area contributed by atoms with Crippen LogP contribution in [0.25, 0.3) is 0 Å². The molecule has 0 aliphatic carbocycles. The summed E-state index contributed by atoms with van der Waals surface area (Å²) < 4.78 is 4.54. The third-order valence-corrected chi connectivity index (χ3v) is 1.84. The number of aliphatic hydroxyl groups excluding tert-OH is 1. The van der Waals surface area contributed by atoms with Crippen molar-refractivity contribution in [2.75, 3.05) is 13.2 Å². The average Bonchev–Trinajstić information content (AvgIpc) is 2.52. The number of nitrogens with zero attached hydrogens (tertiary/aromatic N) is 2. The molecule has 1 atom stereocenters. The Kier molecular flexibility index (Phi) is 3.85. The van der Waals surface area contributed by atoms with E-state index in [-0.39, 0.29) is 12.5 Å². The van der Waals surface area contributed by atoms with Crippen LogP contribution in [0.2, 0.25) is 0 Å². The van der Waals surface area contributed by atoms with Crippen molar-refractivity contribution >= 4 is 0 Å². The molecule has 0 aliphatic rings. The number of aryl methyl sites for hydroxylation is 1. The Hall–Kier alpha value is -0.940. The number of aromatic nitrogens is 2. The Morgan fingerprint density at radius 2 is 2.31 bits per heavy atom. The third kappa shape index (κ3) is 3.12. The number of hydrogen-bond donors (Lipinski definition) is 2. The Labute approximate surface area is 77.1 Å². The zero-order valence-corrected chi connectivity index (χ0v) is 7.95. The minimum absolute atomic E-state index is 0.197. The maximum absolute atomic E-state index is 8.76. The van der Waals surface area contributed by atoms with Crippen LogP contribution in [-0.2, 0) is 6.54 Å². The molecule has 0 saturated carbocycles. The molecule has 0 radical (unpaired) electrons. The van der Waals surface area contributed by atoms with Crippen molar-refractivity contribution in [2.45, 2.75) is 20.4 Å². The first kappa shape index (κ1) is 10.1. The average molecular weight is 185 g/mol. The molecule has 0 amide bonds. The Morgan fingerprint density at radius 3 is 2.85 bits per heavy atom. The van der Waals surface area contributed by atoms with E-state index in [1.807, 2.05) is 13.8 Å². The van der Waals surface area contributed by atoms with Gasteiger partial charge in [0.25, 0.3) is 0 Å². The molecule has 0 bridgehead atoms. The van der Waals surface area contributed by atoms with Gasteiger partial charge in [-0.2, -0.15) is 0 Å². The SMILES string of the molecule is Cc1nonc1CNCC(C)CO. The molecule has 5 nitrogen and oxygen atoms in total. The number of hydrogen-bond acceptors (Lipinski definition) is 5. The summed E-state index contributed by atoms with van der Waals surface area (Å²) in [6.07, 6.45) is 0. The number of nitrogens with one attached hydrogen (secondary N) is 1. The van der Waals surface area contributed by atoms with Gasteiger partial charge in [0.1, 0.15) is 11.4 Å². The van der Waals surface area contributed by atoms with Crippen LogP contribution in [-0.4, -0.2) is 28.6 Å². The van der Waals surface area contributed by atoms with Crippen LogP contribution in [0.4, 0.5) is 0 Å². The monoisotopic (exact) mass is 185 g/mol. The molecule has 74 valence electrons. The van der Waals surface area contributed by atoms with Crippen molar-refractivity contribution in [3.8, 4) is 0 Å². The summed E-state index contributed by atoms with van der Waals surface area (Å²) in [5, 5.41) is 19.3. The highest BCUT2D eigenvalue weighted by molar-refractivity contribution is 5.03. The zero-order valence-electron chi connectivity index (χ0n) is 7.95. The highest BCUT2D eigenvalue weighted by Gasteiger charge is 2.05. The third-order valence-electron chi connectivity index (χ3n) is 1.84. The van der Waals surface area contributed by atoms with Crippen LogP contribution in [0.15, 0.2) is 4.63 Å². The van der Waals surface area contributed by atoms with Gasteiger partial charge in [-0.3, -0.25) is 0 Å². The quantitative estimate of drug-likeness (QED) is 0.680. The van der Waals surface area contributed by atoms with Crippen molar-refractivity contribution in [1.29, 1.82) is 0 Å². The second-order valence-electron chi connectivity index (χ2n) is 3.21. The first-order chi connectivity index (χ1) is 6.24. The maximum atomic E-state index is 8.76. The van der Waals surface area contributed by atoms with E-state index < -0.39 is 0 Å². The molecule has 0 fully saturated rings. The number of aliphatic hydroxyl groups is 1. The fourth-order valence-corrected chi connectivity index (χ4v) is 0.911. The summed E-state index contributed by atoms with van der Waals surface area (Å²) >= 11 is 0. The molecule has 5 heteroatoms. The van der Waals surface area contributed by atoms with Crippen molar-refractivity contribution in [3.63, 3.8) is 0 Å². The highest BCUT2D eigenvalue weighted by atomic mass is 16.6. The van der Waals surface area contributed by atoms with Gasteiger partial charge in [0.05, 0.1) is 0 Å². The molecule has 0 saturated heterocycles. The largest absolute Gasteiger partial charge is 0.396 e. The normalized spacial score (nSPS) is 13.2. The van der Waals surface area contributed by atoms with E-state index in [4.69, 9.17) is 5.11 Å². The van der Waals surface area contributed by atoms with Crippen molar-refractivity contribution < 1.29 is 9.74 Å². The van der Waals surface area contributed by atoms with E-state index in [0.717, 1.165) is 17.9 Å². The van der Waals surface area contributed by atoms with Crippen LogP contribution < -0.4 is 5.32 Å². The summed E-state index contributed by atoms with van der Waals surface area (Å²) in [6.45, 7) is 5.43. The highest BCUT2D eigenvalue weighted by Crippen LogP contribution is 1.99. The van der Waals surface area contributed by atoms with Gasteiger partial charge in [-0.1, -0.05) is 17.2 Å². The lowest BCUT2D eigenvalue weighted by molar-refractivity contribution is 0.233. The molecule has 1 heterocycles. The minimum atomic E-state index is 0.197. The molecule has 1 aromatic heterocycles. The maximum Gasteiger partial charge on any atom is 0.121 e. The van der Waals surface area contributed by atoms with E-state index in [9.17, 15) is 0 Å². The summed E-state index contributed by atoms with van der Waals surface area (Å²) in [7, 11) is 0. The smallest absolute Gasteiger partial charge is 0.121 e. The molecule has 0 aromatic carbocycles. The fraction of sp³-hybridized carbons (Fsp3) is 0.750. The Morgan fingerprint density at radius 1 is 1.54 bits per heavy atom. The van der Waals surface area contributed by atoms with E-state index in [1.165, 1.54) is 0 Å². The Bertz CT molecular complexity index is 249. The lowest BCUT2D eigenvalue weighted by Crippen LogP contribution is -2.23. The molecular formula is C8H15N3O2. The summed E-state index contributed by atoms with van der Waals surface area (Å²) in [4.78, 5) is 0. The van der Waals surface area contributed by atoms with Gasteiger partial charge >= 0.3 is 0 Å². The first-order valence-corrected chi connectivity index (χ1v) is 4.33. The fourth-order valence-electron chi connectivity index (χ4n) is 0.911. The van der Waals surface area contributed by atoms with Crippen molar-refractivity contribution in [3.05, 3.63) is 11.4 Å². The second kappa shape index (κ2) is 4.94. The lowest BCUT2D eigenvalue weighted by atomic mass is 10.2. The van der Waals surface area contributed by atoms with E-state index in [1.54, 1.807) is 0 Å². The van der Waals surface area contributed by atoms with E-state index >= 15 is 0 Å². The van der Waals surface area contributed by atoms with Crippen LogP contribution in [0.3, 0.4) is 0 Å². The predicted molar refractivity (Wildman–Crippen MR) is 47.0 cm³/mol. The standard InChI is InChI=1S/C8H15N3O2/c1-6(5-12)3-9-4-8-7(2)10-13-11-8/h6,9,12H,3-5H2,1-2H3. The van der Waals surface area contributed by atoms with Gasteiger partial charge in [0, 0.05) is 19.7 Å². The summed E-state index contributed by atoms with van der Waals surface area (Å²) in [6, 6.07) is 0. The van der Waals surface area contributed by atoms with Crippen LogP contribution >= 0.6 is 0 Å². The van der Waals surface area contributed by atoms with Crippen LogP contribution in [0.1, 0.15) is 18.3 Å². The molecule has 2 N–H and O–H groups in total. The molecule has 0 spiro atoms. The van der Waals surface area contributed by atoms with E-state index in [0.29, 0.717) is 6.54 Å². The van der Waals surface area contributed by atoms with Gasteiger partial charge in [0.15, 0.2) is 0 Å². The van der Waals surface area contributed by atoms with Crippen molar-refractivity contribution in [1.82, 2.24) is 15.6 Å². The molecule has 1 unspecified atom stereocenters. The van der Waals surface area contributed by atoms with Crippen LogP contribution in [0.5, 0.6) is 0 Å². The van der Waals surface area contributed by atoms with E-state index in [2.05, 4.69) is 20.3 Å². The molecule has 1 rings (SSSR count). The molecular weight excluding hydrogens is 170 g/mol. The first-order valence-electron chi connectivity index (χ1n) is 4.33. The minimum Gasteiger partial charge on any atom is -0.396 e. The topological polar surface area (TPSA) is 71.2 Å². The predicted octanol–water partition coefficient (Wildman–Crippen LogP) is 0.0960.